The summed E-state index contributed by atoms with van der Waals surface area (Å²) in [5.41, 5.74) is 0.819. The quantitative estimate of drug-likeness (QED) is 0.915. The van der Waals surface area contributed by atoms with Gasteiger partial charge in [0, 0.05) is 28.8 Å². The van der Waals surface area contributed by atoms with Crippen LogP contribution < -0.4 is 5.32 Å². The molecule has 1 aliphatic heterocycles. The molecule has 1 aromatic heterocycles. The maximum absolute atomic E-state index is 13.8. The molecule has 4 heteroatoms. The number of aromatic nitrogens is 1. The molecule has 0 saturated carbocycles. The Morgan fingerprint density at radius 2 is 2.47 bits per heavy atom. The van der Waals surface area contributed by atoms with Crippen molar-refractivity contribution in [2.24, 2.45) is 0 Å². The van der Waals surface area contributed by atoms with E-state index >= 15 is 0 Å². The SMILES string of the molecule is FC(Cc1ccc(Br)cn1)C1CCCN1. The second kappa shape index (κ2) is 5.03. The first-order valence-corrected chi connectivity index (χ1v) is 6.03. The Bertz CT molecular complexity index is 309. The number of nitrogens with one attached hydrogen (secondary N) is 1. The third-order valence-corrected chi connectivity index (χ3v) is 3.20. The topological polar surface area (TPSA) is 24.9 Å². The van der Waals surface area contributed by atoms with Crippen LogP contribution >= 0.6 is 15.9 Å². The fourth-order valence-electron chi connectivity index (χ4n) is 1.89. The molecule has 2 nitrogen and oxygen atoms in total. The number of halogens is 2. The lowest BCUT2D eigenvalue weighted by Gasteiger charge is -2.15. The van der Waals surface area contributed by atoms with Gasteiger partial charge in [-0.2, -0.15) is 0 Å². The third kappa shape index (κ3) is 2.98. The zero-order valence-electron chi connectivity index (χ0n) is 8.42. The van der Waals surface area contributed by atoms with Crippen LogP contribution in [0.1, 0.15) is 18.5 Å². The van der Waals surface area contributed by atoms with Gasteiger partial charge in [-0.25, -0.2) is 4.39 Å². The summed E-state index contributed by atoms with van der Waals surface area (Å²) in [6, 6.07) is 3.79. The van der Waals surface area contributed by atoms with Crippen LogP contribution in [0.15, 0.2) is 22.8 Å². The van der Waals surface area contributed by atoms with Crippen molar-refractivity contribution in [1.29, 1.82) is 0 Å². The van der Waals surface area contributed by atoms with Gasteiger partial charge in [-0.1, -0.05) is 0 Å². The Kier molecular flexibility index (Phi) is 3.70. The van der Waals surface area contributed by atoms with E-state index in [1.807, 2.05) is 12.1 Å². The van der Waals surface area contributed by atoms with Gasteiger partial charge in [-0.05, 0) is 47.4 Å². The summed E-state index contributed by atoms with van der Waals surface area (Å²) < 4.78 is 14.7. The Hall–Kier alpha value is -0.480. The van der Waals surface area contributed by atoms with Gasteiger partial charge in [-0.15, -0.1) is 0 Å². The summed E-state index contributed by atoms with van der Waals surface area (Å²) in [6.45, 7) is 0.943. The molecule has 0 aliphatic carbocycles. The summed E-state index contributed by atoms with van der Waals surface area (Å²) in [5, 5.41) is 3.18. The van der Waals surface area contributed by atoms with Crippen molar-refractivity contribution in [2.75, 3.05) is 6.54 Å². The van der Waals surface area contributed by atoms with E-state index in [4.69, 9.17) is 0 Å². The number of nitrogens with zero attached hydrogens (tertiary/aromatic N) is 1. The molecule has 1 aromatic rings. The lowest BCUT2D eigenvalue weighted by Crippen LogP contribution is -2.33. The van der Waals surface area contributed by atoms with Crippen LogP contribution in [0.3, 0.4) is 0 Å². The maximum Gasteiger partial charge on any atom is 0.121 e. The van der Waals surface area contributed by atoms with E-state index < -0.39 is 6.17 Å². The molecule has 2 atom stereocenters. The van der Waals surface area contributed by atoms with Gasteiger partial charge >= 0.3 is 0 Å². The van der Waals surface area contributed by atoms with Crippen molar-refractivity contribution in [3.63, 3.8) is 0 Å². The summed E-state index contributed by atoms with van der Waals surface area (Å²) in [6.07, 6.45) is 3.33. The van der Waals surface area contributed by atoms with E-state index in [0.717, 1.165) is 29.6 Å². The molecule has 1 saturated heterocycles. The summed E-state index contributed by atoms with van der Waals surface area (Å²) in [7, 11) is 0. The summed E-state index contributed by atoms with van der Waals surface area (Å²) in [5.74, 6) is 0. The van der Waals surface area contributed by atoms with E-state index in [0.29, 0.717) is 6.42 Å². The number of hydrogen-bond donors (Lipinski definition) is 1. The molecule has 2 rings (SSSR count). The molecule has 1 N–H and O–H groups in total. The van der Waals surface area contributed by atoms with E-state index in [1.165, 1.54) is 0 Å². The van der Waals surface area contributed by atoms with Gasteiger partial charge in [0.05, 0.1) is 0 Å². The van der Waals surface area contributed by atoms with Gasteiger partial charge in [0.15, 0.2) is 0 Å². The third-order valence-electron chi connectivity index (χ3n) is 2.73. The maximum atomic E-state index is 13.8. The van der Waals surface area contributed by atoms with Crippen LogP contribution in [0, 0.1) is 0 Å². The van der Waals surface area contributed by atoms with Crippen molar-refractivity contribution in [1.82, 2.24) is 10.3 Å². The smallest absolute Gasteiger partial charge is 0.121 e. The Morgan fingerprint density at radius 1 is 1.60 bits per heavy atom. The highest BCUT2D eigenvalue weighted by atomic mass is 79.9. The number of pyridine rings is 1. The van der Waals surface area contributed by atoms with Crippen LogP contribution in [-0.4, -0.2) is 23.7 Å². The molecule has 82 valence electrons. The van der Waals surface area contributed by atoms with Crippen LogP contribution in [0.5, 0.6) is 0 Å². The van der Waals surface area contributed by atoms with Crippen molar-refractivity contribution < 1.29 is 4.39 Å². The van der Waals surface area contributed by atoms with E-state index in [2.05, 4.69) is 26.2 Å². The second-order valence-electron chi connectivity index (χ2n) is 3.89. The van der Waals surface area contributed by atoms with Gasteiger partial charge in [-0.3, -0.25) is 4.98 Å². The fraction of sp³-hybridized carbons (Fsp3) is 0.545. The molecular formula is C11H14BrFN2. The molecule has 2 heterocycles. The lowest BCUT2D eigenvalue weighted by molar-refractivity contribution is 0.262. The van der Waals surface area contributed by atoms with Gasteiger partial charge in [0.1, 0.15) is 6.17 Å². The zero-order valence-corrected chi connectivity index (χ0v) is 10.0. The minimum atomic E-state index is -0.818. The molecule has 1 aliphatic rings. The Morgan fingerprint density at radius 3 is 3.07 bits per heavy atom. The predicted octanol–water partition coefficient (Wildman–Crippen LogP) is 2.48. The molecule has 15 heavy (non-hydrogen) atoms. The van der Waals surface area contributed by atoms with Crippen molar-refractivity contribution >= 4 is 15.9 Å². The Labute approximate surface area is 97.4 Å². The molecule has 0 spiro atoms. The predicted molar refractivity (Wildman–Crippen MR) is 61.6 cm³/mol. The minimum absolute atomic E-state index is 0.0236. The van der Waals surface area contributed by atoms with E-state index in [9.17, 15) is 4.39 Å². The lowest BCUT2D eigenvalue weighted by atomic mass is 10.1. The van der Waals surface area contributed by atoms with Crippen LogP contribution in [0.4, 0.5) is 4.39 Å². The van der Waals surface area contributed by atoms with Gasteiger partial charge in [0.2, 0.25) is 0 Å². The molecule has 2 unspecified atom stereocenters. The highest BCUT2D eigenvalue weighted by Gasteiger charge is 2.24. The van der Waals surface area contributed by atoms with Crippen molar-refractivity contribution in [3.8, 4) is 0 Å². The summed E-state index contributed by atoms with van der Waals surface area (Å²) >= 11 is 3.31. The van der Waals surface area contributed by atoms with Crippen molar-refractivity contribution in [3.05, 3.63) is 28.5 Å². The number of rotatable bonds is 3. The van der Waals surface area contributed by atoms with Crippen LogP contribution in [-0.2, 0) is 6.42 Å². The van der Waals surface area contributed by atoms with Crippen LogP contribution in [0.2, 0.25) is 0 Å². The van der Waals surface area contributed by atoms with E-state index in [1.54, 1.807) is 6.20 Å². The first kappa shape index (κ1) is 11.0. The van der Waals surface area contributed by atoms with Crippen LogP contribution in [0.25, 0.3) is 0 Å². The first-order valence-electron chi connectivity index (χ1n) is 5.23. The highest BCUT2D eigenvalue weighted by molar-refractivity contribution is 9.10. The zero-order chi connectivity index (χ0) is 10.7. The largest absolute Gasteiger partial charge is 0.311 e. The molecular weight excluding hydrogens is 259 g/mol. The fourth-order valence-corrected chi connectivity index (χ4v) is 2.12. The molecule has 0 radical (unpaired) electrons. The van der Waals surface area contributed by atoms with E-state index in [-0.39, 0.29) is 6.04 Å². The average Bonchev–Trinajstić information content (AvgIpc) is 2.74. The molecule has 1 fully saturated rings. The monoisotopic (exact) mass is 272 g/mol. The first-order chi connectivity index (χ1) is 7.25. The standard InChI is InChI=1S/C11H14BrFN2/c12-8-3-4-9(15-7-8)6-10(13)11-2-1-5-14-11/h3-4,7,10-11,14H,1-2,5-6H2. The van der Waals surface area contributed by atoms with Crippen molar-refractivity contribution in [2.45, 2.75) is 31.5 Å². The Balaban J connectivity index is 1.92. The highest BCUT2D eigenvalue weighted by Crippen LogP contribution is 2.16. The average molecular weight is 273 g/mol. The normalized spacial score (nSPS) is 22.9. The second-order valence-corrected chi connectivity index (χ2v) is 4.81. The molecule has 0 aromatic carbocycles. The van der Waals surface area contributed by atoms with Gasteiger partial charge < -0.3 is 5.32 Å². The minimum Gasteiger partial charge on any atom is -0.311 e. The molecule has 0 bridgehead atoms. The number of hydrogen-bond acceptors (Lipinski definition) is 2. The molecule has 0 amide bonds. The van der Waals surface area contributed by atoms with Gasteiger partial charge in [0.25, 0.3) is 0 Å². The number of alkyl halides is 1. The summed E-state index contributed by atoms with van der Waals surface area (Å²) in [4.78, 5) is 4.17.